The number of carbonyl (C=O) groups is 1. The van der Waals surface area contributed by atoms with Gasteiger partial charge in [0.05, 0.1) is 11.4 Å². The summed E-state index contributed by atoms with van der Waals surface area (Å²) in [5.74, 6) is 1.13. The predicted octanol–water partition coefficient (Wildman–Crippen LogP) is 2.63. The molecule has 3 rings (SSSR count). The van der Waals surface area contributed by atoms with Crippen LogP contribution >= 0.6 is 11.8 Å². The molecule has 1 aromatic carbocycles. The second-order valence-corrected chi connectivity index (χ2v) is 7.48. The number of tetrazole rings is 1. The summed E-state index contributed by atoms with van der Waals surface area (Å²) in [6.45, 7) is 8.03. The van der Waals surface area contributed by atoms with E-state index in [1.807, 2.05) is 24.0 Å². The van der Waals surface area contributed by atoms with Crippen LogP contribution in [-0.4, -0.2) is 49.9 Å². The molecule has 0 radical (unpaired) electrons. The van der Waals surface area contributed by atoms with Crippen molar-refractivity contribution >= 4 is 17.7 Å². The molecule has 6 nitrogen and oxygen atoms in total. The van der Waals surface area contributed by atoms with Gasteiger partial charge in [-0.1, -0.05) is 36.4 Å². The van der Waals surface area contributed by atoms with Gasteiger partial charge in [0.25, 0.3) is 0 Å². The molecule has 2 heterocycles. The molecular formula is C17H23N5OS. The zero-order valence-corrected chi connectivity index (χ0v) is 15.2. The number of amides is 1. The summed E-state index contributed by atoms with van der Waals surface area (Å²) in [6, 6.07) is 6.16. The van der Waals surface area contributed by atoms with Gasteiger partial charge in [-0.05, 0) is 54.7 Å². The van der Waals surface area contributed by atoms with Crippen LogP contribution in [0.1, 0.15) is 30.9 Å². The summed E-state index contributed by atoms with van der Waals surface area (Å²) in [7, 11) is 0. The van der Waals surface area contributed by atoms with E-state index in [0.717, 1.165) is 30.8 Å². The number of benzene rings is 1. The first-order valence-corrected chi connectivity index (χ1v) is 9.29. The lowest BCUT2D eigenvalue weighted by atomic mass is 10.0. The van der Waals surface area contributed by atoms with Crippen LogP contribution in [0.4, 0.5) is 0 Å². The summed E-state index contributed by atoms with van der Waals surface area (Å²) in [6.07, 6.45) is 2.31. The monoisotopic (exact) mass is 345 g/mol. The predicted molar refractivity (Wildman–Crippen MR) is 94.3 cm³/mol. The Morgan fingerprint density at radius 1 is 1.38 bits per heavy atom. The van der Waals surface area contributed by atoms with Crippen molar-refractivity contribution in [2.45, 2.75) is 38.8 Å². The summed E-state index contributed by atoms with van der Waals surface area (Å²) < 4.78 is 1.71. The Bertz CT molecular complexity index is 730. The highest BCUT2D eigenvalue weighted by Crippen LogP contribution is 2.23. The van der Waals surface area contributed by atoms with E-state index in [9.17, 15) is 4.79 Å². The molecule has 1 fully saturated rings. The van der Waals surface area contributed by atoms with Crippen LogP contribution in [0.25, 0.3) is 5.69 Å². The van der Waals surface area contributed by atoms with Crippen molar-refractivity contribution in [2.75, 3.05) is 18.8 Å². The highest BCUT2D eigenvalue weighted by Gasteiger charge is 2.22. The molecule has 0 saturated carbocycles. The van der Waals surface area contributed by atoms with Crippen molar-refractivity contribution in [3.05, 3.63) is 29.3 Å². The first-order valence-electron chi connectivity index (χ1n) is 8.31. The number of carbonyl (C=O) groups excluding carboxylic acids is 1. The van der Waals surface area contributed by atoms with E-state index in [-0.39, 0.29) is 5.91 Å². The molecule has 0 bridgehead atoms. The first-order chi connectivity index (χ1) is 11.5. The molecule has 7 heteroatoms. The van der Waals surface area contributed by atoms with Crippen molar-refractivity contribution in [1.29, 1.82) is 0 Å². The Kier molecular flexibility index (Phi) is 5.18. The van der Waals surface area contributed by atoms with Crippen LogP contribution in [0, 0.1) is 19.8 Å². The maximum absolute atomic E-state index is 12.4. The summed E-state index contributed by atoms with van der Waals surface area (Å²) in [5.41, 5.74) is 3.26. The number of hydrogen-bond acceptors (Lipinski definition) is 5. The van der Waals surface area contributed by atoms with Gasteiger partial charge in [0, 0.05) is 13.1 Å². The van der Waals surface area contributed by atoms with Crippen LogP contribution in [0.2, 0.25) is 0 Å². The van der Waals surface area contributed by atoms with Gasteiger partial charge in [0.15, 0.2) is 0 Å². The van der Waals surface area contributed by atoms with E-state index in [2.05, 4.69) is 35.4 Å². The normalized spacial score (nSPS) is 18.0. The average Bonchev–Trinajstić information content (AvgIpc) is 3.01. The van der Waals surface area contributed by atoms with E-state index in [1.165, 1.54) is 23.7 Å². The molecule has 1 atom stereocenters. The van der Waals surface area contributed by atoms with E-state index < -0.39 is 0 Å². The molecule has 24 heavy (non-hydrogen) atoms. The van der Waals surface area contributed by atoms with Gasteiger partial charge < -0.3 is 4.90 Å². The minimum absolute atomic E-state index is 0.168. The minimum atomic E-state index is 0.168. The third-order valence-electron chi connectivity index (χ3n) is 4.36. The molecule has 2 aromatic rings. The third kappa shape index (κ3) is 3.77. The Morgan fingerprint density at radius 3 is 2.96 bits per heavy atom. The fraction of sp³-hybridized carbons (Fsp3) is 0.529. The zero-order chi connectivity index (χ0) is 17.1. The maximum Gasteiger partial charge on any atom is 0.233 e. The highest BCUT2D eigenvalue weighted by molar-refractivity contribution is 7.99. The molecule has 1 aromatic heterocycles. The van der Waals surface area contributed by atoms with Crippen molar-refractivity contribution < 1.29 is 4.79 Å². The van der Waals surface area contributed by atoms with Gasteiger partial charge in [-0.2, -0.15) is 4.68 Å². The molecular weight excluding hydrogens is 322 g/mol. The maximum atomic E-state index is 12.4. The van der Waals surface area contributed by atoms with Crippen molar-refractivity contribution in [1.82, 2.24) is 25.1 Å². The molecule has 0 unspecified atom stereocenters. The summed E-state index contributed by atoms with van der Waals surface area (Å²) >= 11 is 1.40. The highest BCUT2D eigenvalue weighted by atomic mass is 32.2. The van der Waals surface area contributed by atoms with Crippen LogP contribution in [0.3, 0.4) is 0 Å². The third-order valence-corrected chi connectivity index (χ3v) is 5.26. The van der Waals surface area contributed by atoms with Crippen LogP contribution in [0.15, 0.2) is 23.4 Å². The molecule has 0 spiro atoms. The topological polar surface area (TPSA) is 63.9 Å². The Morgan fingerprint density at radius 2 is 2.21 bits per heavy atom. The van der Waals surface area contributed by atoms with Crippen molar-refractivity contribution in [3.8, 4) is 5.69 Å². The standard InChI is InChI=1S/C17H23N5OS/c1-12-6-7-15(14(3)9-12)22-17(18-19-20-22)24-11-16(23)21-8-4-5-13(2)10-21/h6-7,9,13H,4-5,8,10-11H2,1-3H3/t13-/m1/s1. The fourth-order valence-electron chi connectivity index (χ4n) is 3.10. The molecule has 0 aliphatic carbocycles. The quantitative estimate of drug-likeness (QED) is 0.797. The van der Waals surface area contributed by atoms with E-state index in [0.29, 0.717) is 16.8 Å². The van der Waals surface area contributed by atoms with Crippen LogP contribution in [0.5, 0.6) is 0 Å². The summed E-state index contributed by atoms with van der Waals surface area (Å²) in [5, 5.41) is 12.6. The van der Waals surface area contributed by atoms with Crippen molar-refractivity contribution in [2.24, 2.45) is 5.92 Å². The van der Waals surface area contributed by atoms with Gasteiger partial charge in [0.1, 0.15) is 0 Å². The van der Waals surface area contributed by atoms with E-state index in [4.69, 9.17) is 0 Å². The lowest BCUT2D eigenvalue weighted by molar-refractivity contribution is -0.130. The minimum Gasteiger partial charge on any atom is -0.342 e. The molecule has 128 valence electrons. The smallest absolute Gasteiger partial charge is 0.233 e. The van der Waals surface area contributed by atoms with Gasteiger partial charge in [-0.15, -0.1) is 5.10 Å². The number of aromatic nitrogens is 4. The SMILES string of the molecule is Cc1ccc(-n2nnnc2SCC(=O)N2CCC[C@@H](C)C2)c(C)c1. The Balaban J connectivity index is 1.68. The largest absolute Gasteiger partial charge is 0.342 e. The number of aryl methyl sites for hydroxylation is 2. The second kappa shape index (κ2) is 7.34. The zero-order valence-electron chi connectivity index (χ0n) is 14.4. The summed E-state index contributed by atoms with van der Waals surface area (Å²) in [4.78, 5) is 14.4. The van der Waals surface area contributed by atoms with Crippen LogP contribution in [-0.2, 0) is 4.79 Å². The molecule has 0 N–H and O–H groups in total. The van der Waals surface area contributed by atoms with Gasteiger partial charge in [0.2, 0.25) is 11.1 Å². The molecule has 1 aliphatic heterocycles. The van der Waals surface area contributed by atoms with Crippen LogP contribution < -0.4 is 0 Å². The lowest BCUT2D eigenvalue weighted by Crippen LogP contribution is -2.40. The number of hydrogen-bond donors (Lipinski definition) is 0. The van der Waals surface area contributed by atoms with Crippen molar-refractivity contribution in [3.63, 3.8) is 0 Å². The van der Waals surface area contributed by atoms with Gasteiger partial charge >= 0.3 is 0 Å². The van der Waals surface area contributed by atoms with Gasteiger partial charge in [-0.3, -0.25) is 4.79 Å². The number of likely N-dealkylation sites (tertiary alicyclic amines) is 1. The first kappa shape index (κ1) is 17.0. The number of piperidine rings is 1. The van der Waals surface area contributed by atoms with E-state index >= 15 is 0 Å². The molecule has 1 saturated heterocycles. The fourth-order valence-corrected chi connectivity index (χ4v) is 3.88. The lowest BCUT2D eigenvalue weighted by Gasteiger charge is -2.30. The number of nitrogens with zero attached hydrogens (tertiary/aromatic N) is 5. The van der Waals surface area contributed by atoms with Gasteiger partial charge in [-0.25, -0.2) is 0 Å². The molecule has 1 amide bonds. The van der Waals surface area contributed by atoms with E-state index in [1.54, 1.807) is 4.68 Å². The number of rotatable bonds is 4. The Labute approximate surface area is 146 Å². The molecule has 1 aliphatic rings. The number of thioether (sulfide) groups is 1. The average molecular weight is 345 g/mol. The second-order valence-electron chi connectivity index (χ2n) is 6.54. The Hall–Kier alpha value is -1.89.